The Balaban J connectivity index is 1.52. The zero-order chi connectivity index (χ0) is 11.7. The molecule has 0 spiro atoms. The molecule has 0 aromatic carbocycles. The van der Waals surface area contributed by atoms with E-state index in [1.807, 2.05) is 11.3 Å². The van der Waals surface area contributed by atoms with E-state index in [-0.39, 0.29) is 0 Å². The fourth-order valence-electron chi connectivity index (χ4n) is 2.81. The molecule has 2 aliphatic rings. The Hall–Kier alpha value is 0.390. The van der Waals surface area contributed by atoms with Crippen molar-refractivity contribution in [3.8, 4) is 0 Å². The van der Waals surface area contributed by atoms with Crippen LogP contribution in [0.3, 0.4) is 0 Å². The van der Waals surface area contributed by atoms with Gasteiger partial charge >= 0.3 is 0 Å². The maximum absolute atomic E-state index is 3.78. The molecule has 3 heteroatoms. The monoisotopic (exact) mass is 361 g/mol. The average molecular weight is 361 g/mol. The molecular formula is C14H20INS. The van der Waals surface area contributed by atoms with Gasteiger partial charge in [-0.1, -0.05) is 12.8 Å². The van der Waals surface area contributed by atoms with Crippen molar-refractivity contribution in [2.24, 2.45) is 5.92 Å². The third kappa shape index (κ3) is 3.24. The number of thiophene rings is 1. The van der Waals surface area contributed by atoms with E-state index in [0.29, 0.717) is 6.04 Å². The number of aryl methyl sites for hydroxylation is 1. The maximum Gasteiger partial charge on any atom is 0.0659 e. The summed E-state index contributed by atoms with van der Waals surface area (Å²) in [5.74, 6) is 1.08. The van der Waals surface area contributed by atoms with Crippen molar-refractivity contribution in [1.29, 1.82) is 0 Å². The summed E-state index contributed by atoms with van der Waals surface area (Å²) in [6, 6.07) is 3.05. The minimum absolute atomic E-state index is 0.651. The number of hydrogen-bond acceptors (Lipinski definition) is 2. The van der Waals surface area contributed by atoms with Gasteiger partial charge in [0.1, 0.15) is 0 Å². The van der Waals surface area contributed by atoms with Gasteiger partial charge in [0.05, 0.1) is 2.88 Å². The number of fused-ring (bicyclic) bond motifs is 1. The summed E-state index contributed by atoms with van der Waals surface area (Å²) in [4.78, 5) is 1.64. The molecule has 1 aromatic rings. The van der Waals surface area contributed by atoms with E-state index >= 15 is 0 Å². The van der Waals surface area contributed by atoms with Crippen molar-refractivity contribution in [2.75, 3.05) is 6.54 Å². The molecule has 3 rings (SSSR count). The summed E-state index contributed by atoms with van der Waals surface area (Å²) in [6.45, 7) is 1.22. The lowest BCUT2D eigenvalue weighted by Gasteiger charge is -2.23. The first-order valence-corrected chi connectivity index (χ1v) is 8.74. The first-order valence-electron chi connectivity index (χ1n) is 6.84. The zero-order valence-corrected chi connectivity index (χ0v) is 13.1. The molecule has 0 radical (unpaired) electrons. The zero-order valence-electron chi connectivity index (χ0n) is 10.2. The van der Waals surface area contributed by atoms with E-state index in [1.165, 1.54) is 54.4 Å². The van der Waals surface area contributed by atoms with Crippen LogP contribution in [0, 0.1) is 8.80 Å². The lowest BCUT2D eigenvalue weighted by molar-refractivity contribution is 0.451. The van der Waals surface area contributed by atoms with E-state index < -0.39 is 0 Å². The van der Waals surface area contributed by atoms with Crippen molar-refractivity contribution in [3.63, 3.8) is 0 Å². The highest BCUT2D eigenvalue weighted by molar-refractivity contribution is 14.1. The van der Waals surface area contributed by atoms with Gasteiger partial charge in [-0.25, -0.2) is 0 Å². The van der Waals surface area contributed by atoms with E-state index in [1.54, 1.807) is 10.4 Å². The molecule has 0 amide bonds. The Kier molecular flexibility index (Phi) is 4.07. The Morgan fingerprint density at radius 2 is 2.24 bits per heavy atom. The Bertz CT molecular complexity index is 384. The van der Waals surface area contributed by atoms with Crippen LogP contribution in [0.5, 0.6) is 0 Å². The van der Waals surface area contributed by atoms with Gasteiger partial charge in [-0.05, 0) is 78.8 Å². The van der Waals surface area contributed by atoms with E-state index in [2.05, 4.69) is 34.0 Å². The Labute approximate surface area is 122 Å². The van der Waals surface area contributed by atoms with Crippen LogP contribution in [0.2, 0.25) is 0 Å². The van der Waals surface area contributed by atoms with Crippen LogP contribution in [0.15, 0.2) is 6.07 Å². The second-order valence-electron chi connectivity index (χ2n) is 5.41. The van der Waals surface area contributed by atoms with Crippen molar-refractivity contribution in [3.05, 3.63) is 19.4 Å². The average Bonchev–Trinajstić information content (AvgIpc) is 3.05. The summed E-state index contributed by atoms with van der Waals surface area (Å²) in [5, 5.41) is 3.78. The van der Waals surface area contributed by atoms with Crippen LogP contribution in [0.25, 0.3) is 0 Å². The minimum Gasteiger partial charge on any atom is -0.310 e. The van der Waals surface area contributed by atoms with Gasteiger partial charge in [0, 0.05) is 10.9 Å². The highest BCUT2D eigenvalue weighted by Gasteiger charge is 2.23. The summed E-state index contributed by atoms with van der Waals surface area (Å²) >= 11 is 4.46. The molecule has 94 valence electrons. The molecular weight excluding hydrogens is 341 g/mol. The van der Waals surface area contributed by atoms with Gasteiger partial charge in [0.25, 0.3) is 0 Å². The number of nitrogens with one attached hydrogen (secondary N) is 1. The normalized spacial score (nSPS) is 23.7. The molecule has 1 unspecified atom stereocenters. The van der Waals surface area contributed by atoms with Gasteiger partial charge in [-0.3, -0.25) is 0 Å². The topological polar surface area (TPSA) is 12.0 Å². The van der Waals surface area contributed by atoms with Crippen LogP contribution >= 0.6 is 33.9 Å². The van der Waals surface area contributed by atoms with Crippen molar-refractivity contribution >= 4 is 33.9 Å². The van der Waals surface area contributed by atoms with Gasteiger partial charge in [0.15, 0.2) is 0 Å². The summed E-state index contributed by atoms with van der Waals surface area (Å²) in [7, 11) is 0. The summed E-state index contributed by atoms with van der Waals surface area (Å²) in [6.07, 6.45) is 9.83. The number of halogens is 1. The molecule has 1 saturated carbocycles. The molecule has 1 fully saturated rings. The quantitative estimate of drug-likeness (QED) is 0.601. The molecule has 1 nitrogen and oxygen atoms in total. The molecule has 17 heavy (non-hydrogen) atoms. The third-order valence-electron chi connectivity index (χ3n) is 3.96. The van der Waals surface area contributed by atoms with Crippen molar-refractivity contribution in [2.45, 2.75) is 51.0 Å². The van der Waals surface area contributed by atoms with Gasteiger partial charge in [-0.2, -0.15) is 0 Å². The predicted molar refractivity (Wildman–Crippen MR) is 82.7 cm³/mol. The van der Waals surface area contributed by atoms with Crippen molar-refractivity contribution in [1.82, 2.24) is 5.32 Å². The molecule has 0 aliphatic heterocycles. The van der Waals surface area contributed by atoms with E-state index in [4.69, 9.17) is 0 Å². The summed E-state index contributed by atoms with van der Waals surface area (Å²) in [5.41, 5.74) is 1.61. The smallest absolute Gasteiger partial charge is 0.0659 e. The molecule has 0 bridgehead atoms. The van der Waals surface area contributed by atoms with Crippen LogP contribution in [-0.2, 0) is 6.42 Å². The Morgan fingerprint density at radius 1 is 1.35 bits per heavy atom. The SMILES string of the molecule is Ic1cc2c(s1)CCCC2NCCCC1CC1. The number of rotatable bonds is 5. The fraction of sp³-hybridized carbons (Fsp3) is 0.714. The standard InChI is InChI=1S/C14H20INS/c15-14-9-11-12(4-1-5-13(11)17-14)16-8-2-3-10-6-7-10/h9-10,12,16H,1-8H2. The highest BCUT2D eigenvalue weighted by Crippen LogP contribution is 2.36. The second-order valence-corrected chi connectivity index (χ2v) is 8.44. The molecule has 1 heterocycles. The second kappa shape index (κ2) is 5.57. The first kappa shape index (κ1) is 12.4. The van der Waals surface area contributed by atoms with Gasteiger partial charge < -0.3 is 5.32 Å². The molecule has 0 saturated heterocycles. The van der Waals surface area contributed by atoms with Gasteiger partial charge in [-0.15, -0.1) is 11.3 Å². The van der Waals surface area contributed by atoms with Crippen LogP contribution in [-0.4, -0.2) is 6.54 Å². The van der Waals surface area contributed by atoms with Crippen LogP contribution in [0.4, 0.5) is 0 Å². The molecule has 2 aliphatic carbocycles. The third-order valence-corrected chi connectivity index (χ3v) is 5.93. The van der Waals surface area contributed by atoms with Crippen LogP contribution < -0.4 is 5.32 Å². The largest absolute Gasteiger partial charge is 0.310 e. The molecule has 1 atom stereocenters. The predicted octanol–water partition coefficient (Wildman–Crippen LogP) is 4.51. The van der Waals surface area contributed by atoms with Crippen LogP contribution in [0.1, 0.15) is 55.0 Å². The highest BCUT2D eigenvalue weighted by atomic mass is 127. The van der Waals surface area contributed by atoms with E-state index in [0.717, 1.165) is 5.92 Å². The molecule has 1 aromatic heterocycles. The van der Waals surface area contributed by atoms with Crippen molar-refractivity contribution < 1.29 is 0 Å². The minimum atomic E-state index is 0.651. The Morgan fingerprint density at radius 3 is 3.06 bits per heavy atom. The van der Waals surface area contributed by atoms with E-state index in [9.17, 15) is 0 Å². The lowest BCUT2D eigenvalue weighted by Crippen LogP contribution is -2.25. The fourth-order valence-corrected chi connectivity index (χ4v) is 4.93. The molecule has 1 N–H and O–H groups in total. The first-order chi connectivity index (χ1) is 8.33. The lowest BCUT2D eigenvalue weighted by atomic mass is 9.94. The summed E-state index contributed by atoms with van der Waals surface area (Å²) < 4.78 is 1.46. The van der Waals surface area contributed by atoms with Gasteiger partial charge in [0.2, 0.25) is 0 Å². The maximum atomic E-state index is 3.78. The number of hydrogen-bond donors (Lipinski definition) is 1.